The molecule has 2 rings (SSSR count). The van der Waals surface area contributed by atoms with Crippen LogP contribution in [0, 0.1) is 17.2 Å². The van der Waals surface area contributed by atoms with Crippen LogP contribution in [0.2, 0.25) is 0 Å². The van der Waals surface area contributed by atoms with Crippen molar-refractivity contribution < 1.29 is 4.74 Å². The molecule has 0 aliphatic heterocycles. The molecule has 3 heteroatoms. The maximum atomic E-state index is 9.70. The highest BCUT2D eigenvalue weighted by Gasteiger charge is 2.47. The van der Waals surface area contributed by atoms with Gasteiger partial charge < -0.3 is 4.74 Å². The minimum atomic E-state index is -0.557. The Bertz CT molecular complexity index is 514. The van der Waals surface area contributed by atoms with E-state index in [0.29, 0.717) is 18.4 Å². The van der Waals surface area contributed by atoms with Gasteiger partial charge in [-0.05, 0) is 50.2 Å². The van der Waals surface area contributed by atoms with Gasteiger partial charge in [0.2, 0.25) is 0 Å². The van der Waals surface area contributed by atoms with Crippen molar-refractivity contribution in [2.75, 3.05) is 6.61 Å². The first-order valence-corrected chi connectivity index (χ1v) is 7.89. The third-order valence-corrected chi connectivity index (χ3v) is 4.02. The van der Waals surface area contributed by atoms with Crippen LogP contribution in [0.25, 0.3) is 0 Å². The number of rotatable bonds is 7. The first-order valence-electron chi connectivity index (χ1n) is 7.89. The largest absolute Gasteiger partial charge is 0.490 e. The van der Waals surface area contributed by atoms with E-state index >= 15 is 0 Å². The Kier molecular flexibility index (Phi) is 4.90. The summed E-state index contributed by atoms with van der Waals surface area (Å²) in [5.74, 6) is 1.73. The molecule has 1 unspecified atom stereocenters. The quantitative estimate of drug-likeness (QED) is 0.828. The van der Waals surface area contributed by atoms with Crippen LogP contribution in [-0.4, -0.2) is 18.2 Å². The second-order valence-electron chi connectivity index (χ2n) is 6.64. The van der Waals surface area contributed by atoms with Gasteiger partial charge in [0.1, 0.15) is 17.9 Å². The predicted octanol–water partition coefficient (Wildman–Crippen LogP) is 3.86. The molecule has 1 aliphatic rings. The normalized spacial score (nSPS) is 17.6. The molecule has 0 aromatic heterocycles. The molecule has 1 N–H and O–H groups in total. The van der Waals surface area contributed by atoms with Gasteiger partial charge in [0, 0.05) is 6.04 Å². The van der Waals surface area contributed by atoms with Crippen LogP contribution >= 0.6 is 0 Å². The molecule has 1 aromatic rings. The lowest BCUT2D eigenvalue weighted by molar-refractivity contribution is 0.191. The topological polar surface area (TPSA) is 45.0 Å². The summed E-state index contributed by atoms with van der Waals surface area (Å²) in [6.07, 6.45) is 2.23. The first kappa shape index (κ1) is 15.9. The SMILES string of the molecule is CC(C)NC(C#N)(COc1ccccc1C(C)C)C1CC1. The van der Waals surface area contributed by atoms with E-state index in [1.54, 1.807) is 0 Å². The Hall–Kier alpha value is -1.53. The maximum absolute atomic E-state index is 9.70. The number of nitrogens with zero attached hydrogens (tertiary/aromatic N) is 1. The zero-order valence-corrected chi connectivity index (χ0v) is 13.5. The second kappa shape index (κ2) is 6.49. The molecule has 1 aromatic carbocycles. The Labute approximate surface area is 128 Å². The zero-order chi connectivity index (χ0) is 15.5. The number of hydrogen-bond donors (Lipinski definition) is 1. The van der Waals surface area contributed by atoms with Crippen LogP contribution in [0.3, 0.4) is 0 Å². The van der Waals surface area contributed by atoms with Gasteiger partial charge in [-0.15, -0.1) is 0 Å². The Morgan fingerprint density at radius 3 is 2.48 bits per heavy atom. The van der Waals surface area contributed by atoms with Crippen molar-refractivity contribution in [1.29, 1.82) is 5.26 Å². The second-order valence-corrected chi connectivity index (χ2v) is 6.64. The van der Waals surface area contributed by atoms with E-state index in [1.807, 2.05) is 18.2 Å². The molecular formula is C18H26N2O. The van der Waals surface area contributed by atoms with E-state index < -0.39 is 5.54 Å². The van der Waals surface area contributed by atoms with Gasteiger partial charge in [-0.1, -0.05) is 32.0 Å². The minimum absolute atomic E-state index is 0.272. The molecule has 1 aliphatic carbocycles. The predicted molar refractivity (Wildman–Crippen MR) is 85.4 cm³/mol. The molecule has 1 atom stereocenters. The van der Waals surface area contributed by atoms with Crippen LogP contribution < -0.4 is 10.1 Å². The van der Waals surface area contributed by atoms with Gasteiger partial charge in [0.05, 0.1) is 6.07 Å². The van der Waals surface area contributed by atoms with Gasteiger partial charge in [-0.25, -0.2) is 0 Å². The number of hydrogen-bond acceptors (Lipinski definition) is 3. The van der Waals surface area contributed by atoms with E-state index in [9.17, 15) is 5.26 Å². The van der Waals surface area contributed by atoms with Crippen molar-refractivity contribution in [3.63, 3.8) is 0 Å². The van der Waals surface area contributed by atoms with Crippen molar-refractivity contribution >= 4 is 0 Å². The average molecular weight is 286 g/mol. The van der Waals surface area contributed by atoms with Gasteiger partial charge in [-0.3, -0.25) is 5.32 Å². The number of ether oxygens (including phenoxy) is 1. The van der Waals surface area contributed by atoms with Crippen molar-refractivity contribution in [1.82, 2.24) is 5.32 Å². The van der Waals surface area contributed by atoms with E-state index in [4.69, 9.17) is 4.74 Å². The van der Waals surface area contributed by atoms with Crippen molar-refractivity contribution in [3.05, 3.63) is 29.8 Å². The molecular weight excluding hydrogens is 260 g/mol. The van der Waals surface area contributed by atoms with Gasteiger partial charge >= 0.3 is 0 Å². The highest BCUT2D eigenvalue weighted by molar-refractivity contribution is 5.36. The highest BCUT2D eigenvalue weighted by Crippen LogP contribution is 2.40. The summed E-state index contributed by atoms with van der Waals surface area (Å²) in [7, 11) is 0. The molecule has 114 valence electrons. The van der Waals surface area contributed by atoms with E-state index in [2.05, 4.69) is 45.1 Å². The Morgan fingerprint density at radius 2 is 1.95 bits per heavy atom. The highest BCUT2D eigenvalue weighted by atomic mass is 16.5. The van der Waals surface area contributed by atoms with E-state index in [1.165, 1.54) is 5.56 Å². The molecule has 0 radical (unpaired) electrons. The Balaban J connectivity index is 2.14. The molecule has 1 saturated carbocycles. The smallest absolute Gasteiger partial charge is 0.144 e. The fourth-order valence-corrected chi connectivity index (χ4v) is 2.81. The molecule has 0 saturated heterocycles. The first-order chi connectivity index (χ1) is 9.98. The number of benzene rings is 1. The third kappa shape index (κ3) is 3.77. The monoisotopic (exact) mass is 286 g/mol. The molecule has 0 bridgehead atoms. The lowest BCUT2D eigenvalue weighted by atomic mass is 9.94. The van der Waals surface area contributed by atoms with Crippen LogP contribution in [0.15, 0.2) is 24.3 Å². The maximum Gasteiger partial charge on any atom is 0.144 e. The summed E-state index contributed by atoms with van der Waals surface area (Å²) in [5.41, 5.74) is 0.641. The van der Waals surface area contributed by atoms with E-state index in [0.717, 1.165) is 18.6 Å². The third-order valence-electron chi connectivity index (χ3n) is 4.02. The van der Waals surface area contributed by atoms with Crippen LogP contribution in [0.5, 0.6) is 5.75 Å². The molecule has 0 heterocycles. The Morgan fingerprint density at radius 1 is 1.29 bits per heavy atom. The minimum Gasteiger partial charge on any atom is -0.490 e. The number of nitriles is 1. The van der Waals surface area contributed by atoms with E-state index in [-0.39, 0.29) is 6.04 Å². The number of nitrogens with one attached hydrogen (secondary N) is 1. The summed E-state index contributed by atoms with van der Waals surface area (Å²) in [5, 5.41) is 13.1. The fraction of sp³-hybridized carbons (Fsp3) is 0.611. The summed E-state index contributed by atoms with van der Waals surface area (Å²) in [4.78, 5) is 0. The molecule has 0 spiro atoms. The summed E-state index contributed by atoms with van der Waals surface area (Å²) >= 11 is 0. The lowest BCUT2D eigenvalue weighted by Gasteiger charge is -2.30. The lowest BCUT2D eigenvalue weighted by Crippen LogP contribution is -2.53. The van der Waals surface area contributed by atoms with Crippen molar-refractivity contribution in [3.8, 4) is 11.8 Å². The fourth-order valence-electron chi connectivity index (χ4n) is 2.81. The number of para-hydroxylation sites is 1. The summed E-state index contributed by atoms with van der Waals surface area (Å²) in [6, 6.07) is 10.9. The van der Waals surface area contributed by atoms with Crippen LogP contribution in [0.4, 0.5) is 0 Å². The van der Waals surface area contributed by atoms with Crippen LogP contribution in [0.1, 0.15) is 52.0 Å². The molecule has 3 nitrogen and oxygen atoms in total. The molecule has 21 heavy (non-hydrogen) atoms. The molecule has 0 amide bonds. The zero-order valence-electron chi connectivity index (χ0n) is 13.5. The summed E-state index contributed by atoms with van der Waals surface area (Å²) in [6.45, 7) is 8.89. The van der Waals surface area contributed by atoms with Gasteiger partial charge in [0.25, 0.3) is 0 Å². The molecule has 1 fully saturated rings. The standard InChI is InChI=1S/C18H26N2O/c1-13(2)16-7-5-6-8-17(16)21-12-18(11-19,15-9-10-15)20-14(3)4/h5-8,13-15,20H,9-10,12H2,1-4H3. The van der Waals surface area contributed by atoms with Gasteiger partial charge in [0.15, 0.2) is 0 Å². The van der Waals surface area contributed by atoms with Gasteiger partial charge in [-0.2, -0.15) is 5.26 Å². The summed E-state index contributed by atoms with van der Waals surface area (Å²) < 4.78 is 6.07. The van der Waals surface area contributed by atoms with Crippen LogP contribution in [-0.2, 0) is 0 Å². The van der Waals surface area contributed by atoms with Crippen molar-refractivity contribution in [2.45, 2.75) is 58.0 Å². The van der Waals surface area contributed by atoms with Crippen molar-refractivity contribution in [2.24, 2.45) is 5.92 Å². The average Bonchev–Trinajstić information content (AvgIpc) is 3.28.